The predicted molar refractivity (Wildman–Crippen MR) is 158 cm³/mol. The molecule has 3 amide bonds. The lowest BCUT2D eigenvalue weighted by atomic mass is 9.79. The molecule has 0 radical (unpaired) electrons. The summed E-state index contributed by atoms with van der Waals surface area (Å²) >= 11 is 0. The molecule has 3 fully saturated rings. The maximum atomic E-state index is 14.4. The monoisotopic (exact) mass is 591 g/mol. The van der Waals surface area contributed by atoms with Crippen LogP contribution in [0.4, 0.5) is 0 Å². The summed E-state index contributed by atoms with van der Waals surface area (Å²) in [4.78, 5) is 48.3. The Balaban J connectivity index is 1.26. The minimum atomic E-state index is -2.07. The second-order valence-electron chi connectivity index (χ2n) is 14.0. The standard InChI is InChI=1S/C32H41N5O6/c1-17(2)12-24-29(39)35-11-7-10-26(35)32(41)36(24)30(40)31(43-32,18(3)4)34-28(38)20-13-22-21-8-6-9-23-27(21)19(15-33-23)14-25(22)37(5,42)16-20/h6,8-9,13,15,17-18,20,24-26,33,41H,7,10-12,14,16H2,1-5H3,(H,34,38)/t20-,24+,25-,26+,31-,32+,37?/m1/s1. The number of aromatic amines is 1. The van der Waals surface area contributed by atoms with Crippen LogP contribution < -0.4 is 5.32 Å². The molecule has 3 N–H and O–H groups in total. The number of hydrogen-bond donors (Lipinski definition) is 3. The maximum absolute atomic E-state index is 14.4. The van der Waals surface area contributed by atoms with Gasteiger partial charge in [-0.05, 0) is 42.4 Å². The molecule has 5 heterocycles. The van der Waals surface area contributed by atoms with Gasteiger partial charge in [0.1, 0.15) is 24.0 Å². The fourth-order valence-corrected chi connectivity index (χ4v) is 8.28. The van der Waals surface area contributed by atoms with E-state index in [4.69, 9.17) is 4.74 Å². The van der Waals surface area contributed by atoms with E-state index in [-0.39, 0.29) is 24.4 Å². The number of aliphatic hydroxyl groups is 1. The lowest BCUT2D eigenvalue weighted by molar-refractivity contribution is -0.880. The van der Waals surface area contributed by atoms with Crippen molar-refractivity contribution in [1.82, 2.24) is 20.1 Å². The molecule has 11 heteroatoms. The number of amides is 3. The molecule has 11 nitrogen and oxygen atoms in total. The molecule has 7 atom stereocenters. The minimum absolute atomic E-state index is 0.00303. The molecule has 1 aromatic heterocycles. The number of hydroxylamine groups is 3. The molecule has 7 rings (SSSR count). The summed E-state index contributed by atoms with van der Waals surface area (Å²) in [6, 6.07) is 3.95. The van der Waals surface area contributed by atoms with Gasteiger partial charge in [0.25, 0.3) is 11.8 Å². The maximum Gasteiger partial charge on any atom is 0.281 e. The van der Waals surface area contributed by atoms with Crippen LogP contribution in [0.15, 0.2) is 30.5 Å². The number of likely N-dealkylation sites (N-methyl/N-ethyl adjacent to an activating group) is 1. The average molecular weight is 592 g/mol. The van der Waals surface area contributed by atoms with Gasteiger partial charge >= 0.3 is 0 Å². The van der Waals surface area contributed by atoms with Crippen molar-refractivity contribution in [3.63, 3.8) is 0 Å². The number of aromatic nitrogens is 1. The third kappa shape index (κ3) is 3.91. The zero-order valence-corrected chi connectivity index (χ0v) is 25.4. The summed E-state index contributed by atoms with van der Waals surface area (Å²) in [5.41, 5.74) is 1.95. The second-order valence-corrected chi connectivity index (χ2v) is 14.0. The molecule has 1 aliphatic carbocycles. The number of carbonyl (C=O) groups excluding carboxylic acids is 3. The number of rotatable bonds is 5. The normalized spacial score (nSPS) is 36.7. The fraction of sp³-hybridized carbons (Fsp3) is 0.594. The van der Waals surface area contributed by atoms with Crippen LogP contribution >= 0.6 is 0 Å². The molecule has 43 heavy (non-hydrogen) atoms. The van der Waals surface area contributed by atoms with E-state index in [1.165, 1.54) is 4.90 Å². The van der Waals surface area contributed by atoms with E-state index in [2.05, 4.69) is 10.3 Å². The van der Waals surface area contributed by atoms with E-state index in [1.807, 2.05) is 44.3 Å². The minimum Gasteiger partial charge on any atom is -0.633 e. The molecular formula is C32H41N5O6. The van der Waals surface area contributed by atoms with Gasteiger partial charge in [0.05, 0.1) is 13.6 Å². The van der Waals surface area contributed by atoms with Gasteiger partial charge in [0.2, 0.25) is 17.5 Å². The van der Waals surface area contributed by atoms with Gasteiger partial charge in [-0.2, -0.15) is 0 Å². The number of quaternary nitrogens is 1. The molecule has 4 aliphatic heterocycles. The SMILES string of the molecule is CC(C)C[C@H]1C(=O)N2CCC[C@H]2[C@]2(O)O[C@](NC(=O)[C@@H]3C=C4c5cccc6[nH]cc(c56)C[C@H]4[N+](C)([O-])C3)(C(C)C)C(=O)N12. The summed E-state index contributed by atoms with van der Waals surface area (Å²) in [5, 5.41) is 30.1. The molecule has 0 bridgehead atoms. The van der Waals surface area contributed by atoms with Gasteiger partial charge in [-0.1, -0.05) is 45.9 Å². The van der Waals surface area contributed by atoms with Crippen molar-refractivity contribution in [3.05, 3.63) is 46.8 Å². The molecule has 5 aliphatic rings. The molecule has 0 spiro atoms. The highest BCUT2D eigenvalue weighted by Crippen LogP contribution is 2.49. The molecule has 1 aromatic carbocycles. The number of H-pyrrole nitrogens is 1. The third-order valence-electron chi connectivity index (χ3n) is 10.4. The van der Waals surface area contributed by atoms with Gasteiger partial charge < -0.3 is 30.2 Å². The number of benzene rings is 1. The zero-order valence-electron chi connectivity index (χ0n) is 25.4. The number of piperazine rings is 1. The van der Waals surface area contributed by atoms with Gasteiger partial charge in [-0.3, -0.25) is 24.0 Å². The number of hydrogen-bond acceptors (Lipinski definition) is 6. The van der Waals surface area contributed by atoms with Gasteiger partial charge in [0, 0.05) is 41.6 Å². The van der Waals surface area contributed by atoms with Crippen LogP contribution in [-0.4, -0.2) is 92.2 Å². The quantitative estimate of drug-likeness (QED) is 0.361. The van der Waals surface area contributed by atoms with Gasteiger partial charge in [-0.15, -0.1) is 0 Å². The second kappa shape index (κ2) is 9.37. The fourth-order valence-electron chi connectivity index (χ4n) is 8.28. The Bertz CT molecular complexity index is 1560. The molecule has 230 valence electrons. The predicted octanol–water partition coefficient (Wildman–Crippen LogP) is 2.44. The summed E-state index contributed by atoms with van der Waals surface area (Å²) in [6.45, 7) is 7.92. The summed E-state index contributed by atoms with van der Waals surface area (Å²) in [6.07, 6.45) is 5.93. The Morgan fingerprint density at radius 1 is 1.28 bits per heavy atom. The summed E-state index contributed by atoms with van der Waals surface area (Å²) in [7, 11) is 1.60. The highest BCUT2D eigenvalue weighted by Gasteiger charge is 2.72. The highest BCUT2D eigenvalue weighted by molar-refractivity contribution is 6.00. The number of ether oxygens (including phenoxy) is 1. The van der Waals surface area contributed by atoms with Crippen molar-refractivity contribution in [2.75, 3.05) is 20.1 Å². The van der Waals surface area contributed by atoms with Gasteiger partial charge in [0.15, 0.2) is 0 Å². The Morgan fingerprint density at radius 3 is 2.77 bits per heavy atom. The Kier molecular flexibility index (Phi) is 6.22. The first kappa shape index (κ1) is 28.5. The number of fused-ring (bicyclic) bond motifs is 5. The van der Waals surface area contributed by atoms with Crippen molar-refractivity contribution in [1.29, 1.82) is 0 Å². The number of nitrogens with zero attached hydrogens (tertiary/aromatic N) is 3. The van der Waals surface area contributed by atoms with E-state index >= 15 is 0 Å². The molecular weight excluding hydrogens is 550 g/mol. The molecule has 2 aromatic rings. The van der Waals surface area contributed by atoms with Crippen LogP contribution in [0.25, 0.3) is 16.5 Å². The van der Waals surface area contributed by atoms with Crippen molar-refractivity contribution in [2.24, 2.45) is 17.8 Å². The van der Waals surface area contributed by atoms with E-state index in [9.17, 15) is 24.7 Å². The largest absolute Gasteiger partial charge is 0.633 e. The Labute approximate surface area is 251 Å². The first-order valence-electron chi connectivity index (χ1n) is 15.5. The van der Waals surface area contributed by atoms with Crippen LogP contribution in [0.3, 0.4) is 0 Å². The molecule has 3 saturated heterocycles. The van der Waals surface area contributed by atoms with Crippen molar-refractivity contribution < 1.29 is 28.9 Å². The van der Waals surface area contributed by atoms with Gasteiger partial charge in [-0.25, -0.2) is 0 Å². The molecule has 1 unspecified atom stereocenters. The highest BCUT2D eigenvalue weighted by atomic mass is 16.7. The average Bonchev–Trinajstić information content (AvgIpc) is 3.65. The number of nitrogens with one attached hydrogen (secondary N) is 2. The lowest BCUT2D eigenvalue weighted by Gasteiger charge is -2.51. The van der Waals surface area contributed by atoms with Crippen molar-refractivity contribution >= 4 is 34.2 Å². The topological polar surface area (TPSA) is 138 Å². The summed E-state index contributed by atoms with van der Waals surface area (Å²) in [5.74, 6) is -4.74. The Morgan fingerprint density at radius 2 is 2.05 bits per heavy atom. The number of carbonyl (C=O) groups is 3. The summed E-state index contributed by atoms with van der Waals surface area (Å²) < 4.78 is 5.76. The smallest absolute Gasteiger partial charge is 0.281 e. The van der Waals surface area contributed by atoms with Crippen LogP contribution in [0, 0.1) is 23.0 Å². The van der Waals surface area contributed by atoms with E-state index in [0.717, 1.165) is 27.6 Å². The van der Waals surface area contributed by atoms with Crippen molar-refractivity contribution in [2.45, 2.75) is 83.1 Å². The zero-order chi connectivity index (χ0) is 30.6. The van der Waals surface area contributed by atoms with Crippen molar-refractivity contribution in [3.8, 4) is 0 Å². The molecule has 0 saturated carbocycles. The first-order chi connectivity index (χ1) is 20.3. The third-order valence-corrected chi connectivity index (χ3v) is 10.4. The van der Waals surface area contributed by atoms with Crippen LogP contribution in [-0.2, 0) is 25.5 Å². The van der Waals surface area contributed by atoms with E-state index < -0.39 is 52.0 Å². The van der Waals surface area contributed by atoms with Crippen LogP contribution in [0.5, 0.6) is 0 Å². The van der Waals surface area contributed by atoms with Crippen LogP contribution in [0.2, 0.25) is 0 Å². The van der Waals surface area contributed by atoms with E-state index in [1.54, 1.807) is 25.8 Å². The van der Waals surface area contributed by atoms with Crippen LogP contribution in [0.1, 0.15) is 58.1 Å². The Hall–Kier alpha value is -3.25. The lowest BCUT2D eigenvalue weighted by Crippen LogP contribution is -2.71. The first-order valence-corrected chi connectivity index (χ1v) is 15.5. The van der Waals surface area contributed by atoms with E-state index in [0.29, 0.717) is 32.2 Å².